The summed E-state index contributed by atoms with van der Waals surface area (Å²) < 4.78 is 7.19. The lowest BCUT2D eigenvalue weighted by atomic mass is 10.1. The summed E-state index contributed by atoms with van der Waals surface area (Å²) in [7, 11) is 0. The van der Waals surface area contributed by atoms with Crippen molar-refractivity contribution >= 4 is 11.8 Å². The molecule has 2 heterocycles. The van der Waals surface area contributed by atoms with Gasteiger partial charge in [0, 0.05) is 11.5 Å². The number of hydrogen-bond donors (Lipinski definition) is 1. The first-order valence-electron chi connectivity index (χ1n) is 7.79. The summed E-state index contributed by atoms with van der Waals surface area (Å²) in [5, 5.41) is 19.2. The second kappa shape index (κ2) is 5.88. The van der Waals surface area contributed by atoms with Crippen LogP contribution in [0.2, 0.25) is 0 Å². The lowest BCUT2D eigenvalue weighted by Gasteiger charge is -2.01. The predicted molar refractivity (Wildman–Crippen MR) is 85.0 cm³/mol. The largest absolute Gasteiger partial charge is 0.408 e. The highest BCUT2D eigenvalue weighted by atomic mass is 16.4. The van der Waals surface area contributed by atoms with Gasteiger partial charge < -0.3 is 9.73 Å². The minimum Gasteiger partial charge on any atom is -0.408 e. The van der Waals surface area contributed by atoms with Gasteiger partial charge in [-0.2, -0.15) is 0 Å². The van der Waals surface area contributed by atoms with Crippen molar-refractivity contribution in [2.75, 3.05) is 5.32 Å². The topological polar surface area (TPSA) is 98.7 Å². The first-order chi connectivity index (χ1) is 11.7. The van der Waals surface area contributed by atoms with Crippen molar-refractivity contribution in [3.05, 3.63) is 47.6 Å². The van der Waals surface area contributed by atoms with Gasteiger partial charge >= 0.3 is 6.01 Å². The molecule has 8 heteroatoms. The Morgan fingerprint density at radius 2 is 2.04 bits per heavy atom. The zero-order valence-corrected chi connectivity index (χ0v) is 13.1. The van der Waals surface area contributed by atoms with Crippen LogP contribution in [-0.2, 0) is 6.54 Å². The van der Waals surface area contributed by atoms with E-state index >= 15 is 0 Å². The maximum atomic E-state index is 11.3. The number of hydrogen-bond acceptors (Lipinski definition) is 7. The first-order valence-corrected chi connectivity index (χ1v) is 7.79. The molecule has 2 aromatic heterocycles. The lowest BCUT2D eigenvalue weighted by molar-refractivity contribution is 0.101. The Labute approximate surface area is 137 Å². The number of Topliss-reactive ketones (excluding diaryl/α,β-unsaturated/α-hetero) is 1. The molecule has 0 saturated heterocycles. The van der Waals surface area contributed by atoms with E-state index in [1.165, 1.54) is 0 Å². The maximum Gasteiger partial charge on any atom is 0.315 e. The van der Waals surface area contributed by atoms with Gasteiger partial charge in [-0.25, -0.2) is 4.68 Å². The summed E-state index contributed by atoms with van der Waals surface area (Å²) in [5.41, 5.74) is 2.26. The highest BCUT2D eigenvalue weighted by Gasteiger charge is 2.29. The summed E-state index contributed by atoms with van der Waals surface area (Å²) in [6, 6.07) is 7.62. The minimum atomic E-state index is 0.0372. The molecule has 1 aromatic carbocycles. The van der Waals surface area contributed by atoms with Crippen LogP contribution in [0.1, 0.15) is 47.6 Å². The molecule has 0 atom stereocenters. The molecule has 0 amide bonds. The third-order valence-corrected chi connectivity index (χ3v) is 3.87. The molecule has 1 fully saturated rings. The van der Waals surface area contributed by atoms with Crippen molar-refractivity contribution in [1.29, 1.82) is 0 Å². The molecule has 8 nitrogen and oxygen atoms in total. The highest BCUT2D eigenvalue weighted by Crippen LogP contribution is 2.39. The summed E-state index contributed by atoms with van der Waals surface area (Å²) in [6.45, 7) is 1.98. The van der Waals surface area contributed by atoms with Crippen LogP contribution in [0, 0.1) is 0 Å². The monoisotopic (exact) mass is 324 g/mol. The zero-order chi connectivity index (χ0) is 16.5. The summed E-state index contributed by atoms with van der Waals surface area (Å²) >= 11 is 0. The van der Waals surface area contributed by atoms with Crippen molar-refractivity contribution < 1.29 is 9.21 Å². The average molecular weight is 324 g/mol. The van der Waals surface area contributed by atoms with Gasteiger partial charge in [-0.1, -0.05) is 10.3 Å². The number of nitrogens with zero attached hydrogens (tertiary/aromatic N) is 5. The molecule has 122 valence electrons. The van der Waals surface area contributed by atoms with E-state index in [0.29, 0.717) is 29.9 Å². The fourth-order valence-electron chi connectivity index (χ4n) is 2.32. The molecule has 1 aliphatic carbocycles. The van der Waals surface area contributed by atoms with E-state index in [2.05, 4.69) is 25.8 Å². The number of nitrogens with one attached hydrogen (secondary N) is 1. The molecular formula is C16H16N6O2. The van der Waals surface area contributed by atoms with Crippen LogP contribution < -0.4 is 5.32 Å². The van der Waals surface area contributed by atoms with Gasteiger partial charge in [0.1, 0.15) is 5.69 Å². The Balaban J connectivity index is 1.41. The summed E-state index contributed by atoms with van der Waals surface area (Å²) in [6.07, 6.45) is 4.06. The Kier molecular flexibility index (Phi) is 3.56. The van der Waals surface area contributed by atoms with E-state index in [9.17, 15) is 4.79 Å². The molecule has 0 spiro atoms. The summed E-state index contributed by atoms with van der Waals surface area (Å²) in [5.74, 6) is 1.17. The second-order valence-corrected chi connectivity index (χ2v) is 5.83. The number of ketones is 1. The molecule has 0 bridgehead atoms. The van der Waals surface area contributed by atoms with Gasteiger partial charge in [-0.3, -0.25) is 4.79 Å². The van der Waals surface area contributed by atoms with Gasteiger partial charge in [0.15, 0.2) is 5.78 Å². The Bertz CT molecular complexity index is 863. The second-order valence-electron chi connectivity index (χ2n) is 5.83. The van der Waals surface area contributed by atoms with Gasteiger partial charge in [0.05, 0.1) is 18.4 Å². The molecule has 4 rings (SSSR count). The SMILES string of the molecule is CC(=O)c1ccc(-n2cc(CNc3nnc(C4CC4)o3)nn2)cc1. The number of benzene rings is 1. The molecule has 3 aromatic rings. The van der Waals surface area contributed by atoms with E-state index in [-0.39, 0.29) is 5.78 Å². The minimum absolute atomic E-state index is 0.0372. The van der Waals surface area contributed by atoms with E-state index in [0.717, 1.165) is 24.2 Å². The number of rotatable bonds is 6. The van der Waals surface area contributed by atoms with Crippen molar-refractivity contribution in [1.82, 2.24) is 25.2 Å². The Hall–Kier alpha value is -3.03. The Morgan fingerprint density at radius 3 is 2.75 bits per heavy atom. The molecule has 1 saturated carbocycles. The van der Waals surface area contributed by atoms with Crippen molar-refractivity contribution in [2.45, 2.75) is 32.2 Å². The van der Waals surface area contributed by atoms with Crippen LogP contribution in [0.25, 0.3) is 5.69 Å². The normalized spacial score (nSPS) is 13.9. The third kappa shape index (κ3) is 3.03. The first kappa shape index (κ1) is 14.6. The van der Waals surface area contributed by atoms with Crippen LogP contribution in [0.5, 0.6) is 0 Å². The van der Waals surface area contributed by atoms with Gasteiger partial charge in [0.2, 0.25) is 5.89 Å². The molecule has 1 N–H and O–H groups in total. The number of anilines is 1. The average Bonchev–Trinajstić information content (AvgIpc) is 3.15. The predicted octanol–water partition coefficient (Wildman–Crippen LogP) is 2.34. The van der Waals surface area contributed by atoms with Crippen molar-refractivity contribution in [3.8, 4) is 5.69 Å². The number of carbonyl (C=O) groups is 1. The van der Waals surface area contributed by atoms with Crippen LogP contribution in [-0.4, -0.2) is 31.0 Å². The molecule has 1 aliphatic rings. The quantitative estimate of drug-likeness (QED) is 0.695. The van der Waals surface area contributed by atoms with E-state index in [4.69, 9.17) is 4.42 Å². The van der Waals surface area contributed by atoms with Gasteiger partial charge in [0.25, 0.3) is 0 Å². The summed E-state index contributed by atoms with van der Waals surface area (Å²) in [4.78, 5) is 11.3. The molecule has 0 unspecified atom stereocenters. The fraction of sp³-hybridized carbons (Fsp3) is 0.312. The van der Waals surface area contributed by atoms with Crippen molar-refractivity contribution in [3.63, 3.8) is 0 Å². The van der Waals surface area contributed by atoms with Crippen LogP contribution in [0.4, 0.5) is 6.01 Å². The molecule has 24 heavy (non-hydrogen) atoms. The zero-order valence-electron chi connectivity index (χ0n) is 13.1. The van der Waals surface area contributed by atoms with Gasteiger partial charge in [-0.15, -0.1) is 10.2 Å². The van der Waals surface area contributed by atoms with E-state index in [1.54, 1.807) is 23.7 Å². The molecular weight excluding hydrogens is 308 g/mol. The number of carbonyl (C=O) groups excluding carboxylic acids is 1. The maximum absolute atomic E-state index is 11.3. The lowest BCUT2D eigenvalue weighted by Crippen LogP contribution is -2.00. The Morgan fingerprint density at radius 1 is 1.25 bits per heavy atom. The number of aromatic nitrogens is 5. The molecule has 0 radical (unpaired) electrons. The van der Waals surface area contributed by atoms with Crippen LogP contribution >= 0.6 is 0 Å². The van der Waals surface area contributed by atoms with E-state index in [1.807, 2.05) is 18.3 Å². The third-order valence-electron chi connectivity index (χ3n) is 3.87. The van der Waals surface area contributed by atoms with Crippen LogP contribution in [0.15, 0.2) is 34.9 Å². The standard InChI is InChI=1S/C16H16N6O2/c1-10(23)11-4-6-14(7-5-11)22-9-13(18-21-22)8-17-16-20-19-15(24-16)12-2-3-12/h4-7,9,12H,2-3,8H2,1H3,(H,17,20). The molecule has 0 aliphatic heterocycles. The van der Waals surface area contributed by atoms with Gasteiger partial charge in [-0.05, 0) is 44.0 Å². The van der Waals surface area contributed by atoms with Crippen LogP contribution in [0.3, 0.4) is 0 Å². The smallest absolute Gasteiger partial charge is 0.315 e. The fourth-order valence-corrected chi connectivity index (χ4v) is 2.32. The van der Waals surface area contributed by atoms with E-state index < -0.39 is 0 Å². The van der Waals surface area contributed by atoms with Crippen molar-refractivity contribution in [2.24, 2.45) is 0 Å². The highest BCUT2D eigenvalue weighted by molar-refractivity contribution is 5.94.